The van der Waals surface area contributed by atoms with Gasteiger partial charge in [0.25, 0.3) is 5.91 Å². The Labute approximate surface area is 199 Å². The van der Waals surface area contributed by atoms with E-state index >= 15 is 0 Å². The summed E-state index contributed by atoms with van der Waals surface area (Å²) in [5.41, 5.74) is 3.76. The minimum absolute atomic E-state index is 0.187. The SMILES string of the molecule is COc1cccc(C(=O)NCCSc2c(-c3ccc(Br)cc3)[nH]c3ccccc23)c1OC. The van der Waals surface area contributed by atoms with Gasteiger partial charge in [-0.2, -0.15) is 0 Å². The van der Waals surface area contributed by atoms with Gasteiger partial charge >= 0.3 is 0 Å². The van der Waals surface area contributed by atoms with Crippen LogP contribution in [-0.4, -0.2) is 37.4 Å². The lowest BCUT2D eigenvalue weighted by atomic mass is 10.1. The van der Waals surface area contributed by atoms with Crippen LogP contribution in [0.15, 0.2) is 76.1 Å². The Balaban J connectivity index is 1.49. The maximum atomic E-state index is 12.7. The summed E-state index contributed by atoms with van der Waals surface area (Å²) in [7, 11) is 3.09. The number of thioether (sulfide) groups is 1. The minimum Gasteiger partial charge on any atom is -0.493 e. The summed E-state index contributed by atoms with van der Waals surface area (Å²) in [6, 6.07) is 21.8. The Bertz CT molecular complexity index is 1240. The number of benzene rings is 3. The number of nitrogens with one attached hydrogen (secondary N) is 2. The zero-order chi connectivity index (χ0) is 22.5. The number of hydrogen-bond acceptors (Lipinski definition) is 4. The molecule has 7 heteroatoms. The molecule has 0 bridgehead atoms. The second kappa shape index (κ2) is 10.1. The first-order valence-electron chi connectivity index (χ1n) is 10.1. The molecule has 0 saturated heterocycles. The first-order chi connectivity index (χ1) is 15.6. The fourth-order valence-electron chi connectivity index (χ4n) is 3.56. The Morgan fingerprint density at radius 2 is 1.78 bits per heavy atom. The largest absolute Gasteiger partial charge is 0.493 e. The Morgan fingerprint density at radius 1 is 1.00 bits per heavy atom. The summed E-state index contributed by atoms with van der Waals surface area (Å²) in [6.07, 6.45) is 0. The molecule has 0 radical (unpaired) electrons. The van der Waals surface area contributed by atoms with E-state index in [2.05, 4.69) is 50.5 Å². The molecule has 0 fully saturated rings. The van der Waals surface area contributed by atoms with Crippen LogP contribution in [0, 0.1) is 0 Å². The van der Waals surface area contributed by atoms with Crippen molar-refractivity contribution in [1.82, 2.24) is 10.3 Å². The van der Waals surface area contributed by atoms with E-state index in [1.165, 1.54) is 17.4 Å². The van der Waals surface area contributed by atoms with Gasteiger partial charge in [0.1, 0.15) is 0 Å². The van der Waals surface area contributed by atoms with Crippen LogP contribution in [0.1, 0.15) is 10.4 Å². The van der Waals surface area contributed by atoms with Gasteiger partial charge in [0, 0.05) is 32.6 Å². The standard InChI is InChI=1S/C25H23BrN2O3S/c1-30-21-9-5-7-19(23(21)31-2)25(29)27-14-15-32-24-18-6-3-4-8-20(18)28-22(24)16-10-12-17(26)13-11-16/h3-13,28H,14-15H2,1-2H3,(H,27,29). The van der Waals surface area contributed by atoms with Crippen molar-refractivity contribution in [1.29, 1.82) is 0 Å². The Morgan fingerprint density at radius 3 is 2.53 bits per heavy atom. The van der Waals surface area contributed by atoms with Crippen LogP contribution < -0.4 is 14.8 Å². The minimum atomic E-state index is -0.187. The topological polar surface area (TPSA) is 63.3 Å². The van der Waals surface area contributed by atoms with Crippen LogP contribution in [0.4, 0.5) is 0 Å². The molecule has 0 saturated carbocycles. The maximum absolute atomic E-state index is 12.7. The molecule has 0 aliphatic carbocycles. The predicted octanol–water partition coefficient (Wildman–Crippen LogP) is 6.14. The average molecular weight is 511 g/mol. The van der Waals surface area contributed by atoms with Crippen molar-refractivity contribution >= 4 is 44.5 Å². The lowest BCUT2D eigenvalue weighted by molar-refractivity contribution is 0.0952. The number of para-hydroxylation sites is 2. The fourth-order valence-corrected chi connectivity index (χ4v) is 4.88. The quantitative estimate of drug-likeness (QED) is 0.221. The molecule has 3 aromatic carbocycles. The van der Waals surface area contributed by atoms with Gasteiger partial charge in [-0.1, -0.05) is 52.3 Å². The van der Waals surface area contributed by atoms with Gasteiger partial charge in [0.2, 0.25) is 0 Å². The van der Waals surface area contributed by atoms with Crippen LogP contribution in [0.25, 0.3) is 22.2 Å². The molecule has 0 spiro atoms. The van der Waals surface area contributed by atoms with Crippen molar-refractivity contribution in [3.05, 3.63) is 76.8 Å². The number of aromatic amines is 1. The lowest BCUT2D eigenvalue weighted by Crippen LogP contribution is -2.26. The number of hydrogen-bond donors (Lipinski definition) is 2. The van der Waals surface area contributed by atoms with E-state index < -0.39 is 0 Å². The van der Waals surface area contributed by atoms with E-state index in [0.29, 0.717) is 23.6 Å². The summed E-state index contributed by atoms with van der Waals surface area (Å²) in [6.45, 7) is 0.517. The third kappa shape index (κ3) is 4.64. The van der Waals surface area contributed by atoms with Crippen LogP contribution in [0.5, 0.6) is 11.5 Å². The zero-order valence-corrected chi connectivity index (χ0v) is 20.2. The molecule has 0 aliphatic rings. The normalized spacial score (nSPS) is 10.8. The average Bonchev–Trinajstić information content (AvgIpc) is 3.20. The number of aromatic nitrogens is 1. The molecule has 1 amide bonds. The molecule has 1 aromatic heterocycles. The molecule has 0 atom stereocenters. The summed E-state index contributed by atoms with van der Waals surface area (Å²) in [4.78, 5) is 17.4. The number of rotatable bonds is 8. The van der Waals surface area contributed by atoms with Crippen molar-refractivity contribution in [2.75, 3.05) is 26.5 Å². The molecular formula is C25H23BrN2O3S. The molecule has 4 rings (SSSR count). The Hall–Kier alpha value is -2.90. The molecule has 5 nitrogen and oxygen atoms in total. The molecule has 0 aliphatic heterocycles. The van der Waals surface area contributed by atoms with Crippen molar-refractivity contribution in [3.63, 3.8) is 0 Å². The second-order valence-electron chi connectivity index (χ2n) is 7.03. The maximum Gasteiger partial charge on any atom is 0.255 e. The van der Waals surface area contributed by atoms with Gasteiger partial charge in [-0.15, -0.1) is 11.8 Å². The highest BCUT2D eigenvalue weighted by Crippen LogP contribution is 2.38. The van der Waals surface area contributed by atoms with Gasteiger partial charge in [-0.25, -0.2) is 0 Å². The molecular weight excluding hydrogens is 488 g/mol. The number of ether oxygens (including phenoxy) is 2. The van der Waals surface area contributed by atoms with Gasteiger partial charge in [0.05, 0.1) is 25.5 Å². The third-order valence-electron chi connectivity index (χ3n) is 5.07. The molecule has 4 aromatic rings. The highest BCUT2D eigenvalue weighted by atomic mass is 79.9. The predicted molar refractivity (Wildman–Crippen MR) is 134 cm³/mol. The zero-order valence-electron chi connectivity index (χ0n) is 17.8. The van der Waals surface area contributed by atoms with Gasteiger partial charge in [0.15, 0.2) is 11.5 Å². The number of amides is 1. The van der Waals surface area contributed by atoms with Gasteiger partial charge in [-0.05, 0) is 35.9 Å². The van der Waals surface area contributed by atoms with Crippen LogP contribution in [-0.2, 0) is 0 Å². The summed E-state index contributed by atoms with van der Waals surface area (Å²) in [5, 5.41) is 4.17. The van der Waals surface area contributed by atoms with Crippen molar-refractivity contribution in [3.8, 4) is 22.8 Å². The number of H-pyrrole nitrogens is 1. The van der Waals surface area contributed by atoms with Crippen molar-refractivity contribution in [2.24, 2.45) is 0 Å². The monoisotopic (exact) mass is 510 g/mol. The summed E-state index contributed by atoms with van der Waals surface area (Å²) in [5.74, 6) is 1.51. The molecule has 0 unspecified atom stereocenters. The van der Waals surface area contributed by atoms with Gasteiger partial charge < -0.3 is 19.8 Å². The highest BCUT2D eigenvalue weighted by molar-refractivity contribution is 9.10. The smallest absolute Gasteiger partial charge is 0.255 e. The third-order valence-corrected chi connectivity index (χ3v) is 6.72. The van der Waals surface area contributed by atoms with E-state index in [1.54, 1.807) is 37.1 Å². The molecule has 1 heterocycles. The highest BCUT2D eigenvalue weighted by Gasteiger charge is 2.17. The fraction of sp³-hybridized carbons (Fsp3) is 0.160. The van der Waals surface area contributed by atoms with Crippen LogP contribution in [0.3, 0.4) is 0 Å². The van der Waals surface area contributed by atoms with E-state index in [4.69, 9.17) is 9.47 Å². The summed E-state index contributed by atoms with van der Waals surface area (Å²) >= 11 is 5.23. The van der Waals surface area contributed by atoms with Crippen molar-refractivity contribution < 1.29 is 14.3 Å². The first kappa shape index (κ1) is 22.3. The van der Waals surface area contributed by atoms with Crippen LogP contribution in [0.2, 0.25) is 0 Å². The lowest BCUT2D eigenvalue weighted by Gasteiger charge is -2.12. The van der Waals surface area contributed by atoms with E-state index in [1.807, 2.05) is 24.3 Å². The van der Waals surface area contributed by atoms with E-state index in [9.17, 15) is 4.79 Å². The number of fused-ring (bicyclic) bond motifs is 1. The van der Waals surface area contributed by atoms with Crippen molar-refractivity contribution in [2.45, 2.75) is 4.90 Å². The van der Waals surface area contributed by atoms with Crippen LogP contribution >= 0.6 is 27.7 Å². The Kier molecular flexibility index (Phi) is 7.07. The second-order valence-corrected chi connectivity index (χ2v) is 9.05. The summed E-state index contributed by atoms with van der Waals surface area (Å²) < 4.78 is 11.7. The van der Waals surface area contributed by atoms with E-state index in [-0.39, 0.29) is 5.91 Å². The number of carbonyl (C=O) groups excluding carboxylic acids is 1. The molecule has 32 heavy (non-hydrogen) atoms. The number of methoxy groups -OCH3 is 2. The van der Waals surface area contributed by atoms with Gasteiger partial charge in [-0.3, -0.25) is 4.79 Å². The molecule has 2 N–H and O–H groups in total. The van der Waals surface area contributed by atoms with E-state index in [0.717, 1.165) is 27.0 Å². The number of carbonyl (C=O) groups is 1. The first-order valence-corrected chi connectivity index (χ1v) is 11.9. The number of halogens is 1. The molecule has 164 valence electrons.